The van der Waals surface area contributed by atoms with Crippen LogP contribution in [0.2, 0.25) is 5.02 Å². The second-order valence-corrected chi connectivity index (χ2v) is 4.19. The molecular weight excluding hydrogens is 230 g/mol. The van der Waals surface area contributed by atoms with Gasteiger partial charge in [-0.05, 0) is 24.3 Å². The van der Waals surface area contributed by atoms with Crippen molar-refractivity contribution in [1.82, 2.24) is 4.90 Å². The van der Waals surface area contributed by atoms with E-state index in [2.05, 4.69) is 0 Å². The SMILES string of the molecule is O=C(c1ccc(Cl)cc1)C1CN(C(=O)O)C1. The van der Waals surface area contributed by atoms with Crippen molar-refractivity contribution in [2.45, 2.75) is 0 Å². The largest absolute Gasteiger partial charge is 0.465 e. The van der Waals surface area contributed by atoms with Gasteiger partial charge >= 0.3 is 6.09 Å². The number of carboxylic acid groups (broad SMARTS) is 1. The minimum Gasteiger partial charge on any atom is -0.465 e. The lowest BCUT2D eigenvalue weighted by molar-refractivity contribution is 0.0610. The first kappa shape index (κ1) is 11.0. The van der Waals surface area contributed by atoms with Gasteiger partial charge in [-0.3, -0.25) is 4.79 Å². The molecule has 2 rings (SSSR count). The highest BCUT2D eigenvalue weighted by Crippen LogP contribution is 2.21. The van der Waals surface area contributed by atoms with E-state index in [0.717, 1.165) is 0 Å². The van der Waals surface area contributed by atoms with E-state index in [1.165, 1.54) is 4.90 Å². The third-order valence-corrected chi connectivity index (χ3v) is 2.90. The molecule has 1 aliphatic heterocycles. The Labute approximate surface area is 97.4 Å². The van der Waals surface area contributed by atoms with Gasteiger partial charge in [-0.2, -0.15) is 0 Å². The monoisotopic (exact) mass is 239 g/mol. The molecule has 84 valence electrons. The zero-order valence-electron chi connectivity index (χ0n) is 8.39. The van der Waals surface area contributed by atoms with Gasteiger partial charge in [0, 0.05) is 23.7 Å². The van der Waals surface area contributed by atoms with Crippen LogP contribution in [-0.2, 0) is 0 Å². The van der Waals surface area contributed by atoms with Gasteiger partial charge in [-0.15, -0.1) is 0 Å². The number of rotatable bonds is 2. The summed E-state index contributed by atoms with van der Waals surface area (Å²) in [6.45, 7) is 0.577. The van der Waals surface area contributed by atoms with E-state index in [-0.39, 0.29) is 24.8 Å². The van der Waals surface area contributed by atoms with Crippen molar-refractivity contribution < 1.29 is 14.7 Å². The topological polar surface area (TPSA) is 57.6 Å². The molecular formula is C11H10ClNO3. The summed E-state index contributed by atoms with van der Waals surface area (Å²) >= 11 is 5.71. The lowest BCUT2D eigenvalue weighted by Crippen LogP contribution is -2.52. The maximum atomic E-state index is 11.8. The summed E-state index contributed by atoms with van der Waals surface area (Å²) in [6.07, 6.45) is -0.972. The van der Waals surface area contributed by atoms with Crippen LogP contribution in [0.3, 0.4) is 0 Å². The summed E-state index contributed by atoms with van der Waals surface area (Å²) in [5.74, 6) is -0.230. The van der Waals surface area contributed by atoms with Gasteiger partial charge in [0.05, 0.1) is 5.92 Å². The van der Waals surface area contributed by atoms with Gasteiger partial charge in [-0.1, -0.05) is 11.6 Å². The number of hydrogen-bond acceptors (Lipinski definition) is 2. The summed E-state index contributed by atoms with van der Waals surface area (Å²) in [6, 6.07) is 6.63. The maximum absolute atomic E-state index is 11.8. The number of hydrogen-bond donors (Lipinski definition) is 1. The van der Waals surface area contributed by atoms with Crippen LogP contribution >= 0.6 is 11.6 Å². The second kappa shape index (κ2) is 4.14. The Bertz CT molecular complexity index is 423. The number of nitrogens with zero attached hydrogens (tertiary/aromatic N) is 1. The number of ketones is 1. The van der Waals surface area contributed by atoms with Gasteiger partial charge in [0.25, 0.3) is 0 Å². The molecule has 1 N–H and O–H groups in total. The van der Waals surface area contributed by atoms with Crippen molar-refractivity contribution in [1.29, 1.82) is 0 Å². The van der Waals surface area contributed by atoms with E-state index >= 15 is 0 Å². The summed E-state index contributed by atoms with van der Waals surface area (Å²) < 4.78 is 0. The molecule has 16 heavy (non-hydrogen) atoms. The van der Waals surface area contributed by atoms with Crippen LogP contribution in [0, 0.1) is 5.92 Å². The molecule has 5 heteroatoms. The number of halogens is 1. The molecule has 1 aromatic carbocycles. The minimum absolute atomic E-state index is 0.0193. The second-order valence-electron chi connectivity index (χ2n) is 3.76. The first-order valence-electron chi connectivity index (χ1n) is 4.85. The quantitative estimate of drug-likeness (QED) is 0.805. The Hall–Kier alpha value is -1.55. The molecule has 1 aliphatic rings. The molecule has 0 radical (unpaired) electrons. The summed E-state index contributed by atoms with van der Waals surface area (Å²) in [7, 11) is 0. The highest BCUT2D eigenvalue weighted by Gasteiger charge is 2.35. The Morgan fingerprint density at radius 1 is 1.25 bits per heavy atom. The van der Waals surface area contributed by atoms with Gasteiger partial charge < -0.3 is 10.0 Å². The zero-order valence-corrected chi connectivity index (χ0v) is 9.15. The predicted molar refractivity (Wildman–Crippen MR) is 58.9 cm³/mol. The average molecular weight is 240 g/mol. The average Bonchev–Trinajstić information content (AvgIpc) is 2.15. The van der Waals surface area contributed by atoms with E-state index in [0.29, 0.717) is 10.6 Å². The molecule has 1 heterocycles. The fraction of sp³-hybridized carbons (Fsp3) is 0.273. The van der Waals surface area contributed by atoms with E-state index in [1.54, 1.807) is 24.3 Å². The van der Waals surface area contributed by atoms with Crippen molar-refractivity contribution >= 4 is 23.5 Å². The Kier molecular flexibility index (Phi) is 2.83. The number of benzene rings is 1. The van der Waals surface area contributed by atoms with Gasteiger partial charge in [0.15, 0.2) is 5.78 Å². The number of carbonyl (C=O) groups excluding carboxylic acids is 1. The first-order valence-corrected chi connectivity index (χ1v) is 5.23. The highest BCUT2D eigenvalue weighted by atomic mass is 35.5. The molecule has 0 aromatic heterocycles. The Morgan fingerprint density at radius 2 is 1.81 bits per heavy atom. The number of amides is 1. The fourth-order valence-corrected chi connectivity index (χ4v) is 1.78. The van der Waals surface area contributed by atoms with Crippen LogP contribution in [0.5, 0.6) is 0 Å². The third-order valence-electron chi connectivity index (χ3n) is 2.65. The van der Waals surface area contributed by atoms with Crippen LogP contribution in [0.25, 0.3) is 0 Å². The highest BCUT2D eigenvalue weighted by molar-refractivity contribution is 6.30. The fourth-order valence-electron chi connectivity index (χ4n) is 1.65. The molecule has 1 fully saturated rings. The summed E-state index contributed by atoms with van der Waals surface area (Å²) in [5, 5.41) is 9.22. The van der Waals surface area contributed by atoms with E-state index in [9.17, 15) is 9.59 Å². The number of likely N-dealkylation sites (tertiary alicyclic amines) is 1. The molecule has 0 spiro atoms. The Balaban J connectivity index is 2.00. The third kappa shape index (κ3) is 2.02. The lowest BCUT2D eigenvalue weighted by atomic mass is 9.91. The predicted octanol–water partition coefficient (Wildman–Crippen LogP) is 2.13. The van der Waals surface area contributed by atoms with Gasteiger partial charge in [0.1, 0.15) is 0 Å². The van der Waals surface area contributed by atoms with Crippen LogP contribution in [0.1, 0.15) is 10.4 Å². The van der Waals surface area contributed by atoms with Crippen molar-refractivity contribution in [2.75, 3.05) is 13.1 Å². The van der Waals surface area contributed by atoms with E-state index < -0.39 is 6.09 Å². The summed E-state index contributed by atoms with van der Waals surface area (Å²) in [4.78, 5) is 23.6. The van der Waals surface area contributed by atoms with E-state index in [4.69, 9.17) is 16.7 Å². The minimum atomic E-state index is -0.972. The molecule has 1 aromatic rings. The molecule has 0 unspecified atom stereocenters. The number of carbonyl (C=O) groups is 2. The maximum Gasteiger partial charge on any atom is 0.407 e. The van der Waals surface area contributed by atoms with Crippen molar-refractivity contribution in [3.8, 4) is 0 Å². The van der Waals surface area contributed by atoms with Crippen LogP contribution in [0.4, 0.5) is 4.79 Å². The molecule has 0 bridgehead atoms. The molecule has 1 saturated heterocycles. The van der Waals surface area contributed by atoms with Crippen LogP contribution in [-0.4, -0.2) is 35.0 Å². The van der Waals surface area contributed by atoms with Gasteiger partial charge in [0.2, 0.25) is 0 Å². The van der Waals surface area contributed by atoms with Gasteiger partial charge in [-0.25, -0.2) is 4.79 Å². The van der Waals surface area contributed by atoms with Crippen LogP contribution in [0.15, 0.2) is 24.3 Å². The van der Waals surface area contributed by atoms with Crippen molar-refractivity contribution in [2.24, 2.45) is 5.92 Å². The first-order chi connectivity index (χ1) is 7.58. The normalized spacial score (nSPS) is 15.7. The smallest absolute Gasteiger partial charge is 0.407 e. The lowest BCUT2D eigenvalue weighted by Gasteiger charge is -2.35. The molecule has 0 aliphatic carbocycles. The standard InChI is InChI=1S/C11H10ClNO3/c12-9-3-1-7(2-4-9)10(14)8-5-13(6-8)11(15)16/h1-4,8H,5-6H2,(H,15,16). The van der Waals surface area contributed by atoms with E-state index in [1.807, 2.05) is 0 Å². The molecule has 1 amide bonds. The molecule has 4 nitrogen and oxygen atoms in total. The van der Waals surface area contributed by atoms with Crippen LogP contribution < -0.4 is 0 Å². The summed E-state index contributed by atoms with van der Waals surface area (Å²) in [5.41, 5.74) is 0.583. The van der Waals surface area contributed by atoms with Crippen molar-refractivity contribution in [3.63, 3.8) is 0 Å². The number of Topliss-reactive ketones (excluding diaryl/α,β-unsaturated/α-hetero) is 1. The molecule has 0 atom stereocenters. The molecule has 0 saturated carbocycles. The zero-order chi connectivity index (χ0) is 11.7. The van der Waals surface area contributed by atoms with Crippen molar-refractivity contribution in [3.05, 3.63) is 34.9 Å². The Morgan fingerprint density at radius 3 is 2.31 bits per heavy atom.